The fourth-order valence-corrected chi connectivity index (χ4v) is 8.12. The summed E-state index contributed by atoms with van der Waals surface area (Å²) in [5.74, 6) is 4.23. The van der Waals surface area contributed by atoms with Gasteiger partial charge in [0.15, 0.2) is 34.5 Å². The van der Waals surface area contributed by atoms with E-state index in [1.54, 1.807) is 27.4 Å². The monoisotopic (exact) mass is 750 g/mol. The lowest BCUT2D eigenvalue weighted by Crippen LogP contribution is -2.34. The number of likely N-dealkylation sites (N-methyl/N-ethyl adjacent to an activating group) is 2. The number of hydrogen-bond acceptors (Lipinski definition) is 8. The second-order valence-corrected chi connectivity index (χ2v) is 14.7. The van der Waals surface area contributed by atoms with Crippen LogP contribution in [-0.4, -0.2) is 58.3 Å². The summed E-state index contributed by atoms with van der Waals surface area (Å²) in [7, 11) is 9.26. The first-order valence-electron chi connectivity index (χ1n) is 18.3. The molecule has 0 aliphatic carbocycles. The summed E-state index contributed by atoms with van der Waals surface area (Å²) in [6.45, 7) is 1.80. The van der Waals surface area contributed by atoms with E-state index in [1.165, 1.54) is 28.8 Å². The number of benzene rings is 5. The Hall–Kier alpha value is -4.96. The molecule has 10 heteroatoms. The van der Waals surface area contributed by atoms with Crippen LogP contribution in [0.15, 0.2) is 78.9 Å². The Bertz CT molecular complexity index is 2190. The molecule has 4 aliphatic heterocycles. The van der Waals surface area contributed by atoms with E-state index in [1.807, 2.05) is 24.3 Å². The Morgan fingerprint density at radius 3 is 2.11 bits per heavy atom. The van der Waals surface area contributed by atoms with Gasteiger partial charge in [-0.25, -0.2) is 4.39 Å². The molecular formula is C44H44ClFN2O6. The first-order chi connectivity index (χ1) is 26.2. The van der Waals surface area contributed by atoms with E-state index < -0.39 is 5.82 Å². The van der Waals surface area contributed by atoms with Crippen LogP contribution in [0.1, 0.15) is 51.0 Å². The van der Waals surface area contributed by atoms with Gasteiger partial charge >= 0.3 is 0 Å². The summed E-state index contributed by atoms with van der Waals surface area (Å²) in [4.78, 5) is 4.74. The van der Waals surface area contributed by atoms with E-state index in [2.05, 4.69) is 60.3 Å². The van der Waals surface area contributed by atoms with Crippen molar-refractivity contribution in [2.24, 2.45) is 0 Å². The fraction of sp³-hybridized carbons (Fsp3) is 0.318. The molecule has 0 N–H and O–H groups in total. The molecule has 0 radical (unpaired) electrons. The smallest absolute Gasteiger partial charge is 0.204 e. The van der Waals surface area contributed by atoms with Crippen molar-refractivity contribution in [2.75, 3.05) is 48.5 Å². The second kappa shape index (κ2) is 15.1. The van der Waals surface area contributed by atoms with Crippen molar-refractivity contribution in [1.29, 1.82) is 0 Å². The molecule has 0 amide bonds. The molecule has 0 aromatic heterocycles. The molecule has 54 heavy (non-hydrogen) atoms. The van der Waals surface area contributed by atoms with Crippen LogP contribution in [0.3, 0.4) is 0 Å². The van der Waals surface area contributed by atoms with Crippen molar-refractivity contribution in [2.45, 2.75) is 44.4 Å². The quantitative estimate of drug-likeness (QED) is 0.170. The molecule has 8 nitrogen and oxygen atoms in total. The summed E-state index contributed by atoms with van der Waals surface area (Å²) < 4.78 is 52.6. The molecule has 9 rings (SSSR count). The van der Waals surface area contributed by atoms with Crippen molar-refractivity contribution >= 4 is 11.6 Å². The Labute approximate surface area is 320 Å². The van der Waals surface area contributed by atoms with Crippen molar-refractivity contribution in [1.82, 2.24) is 9.80 Å². The highest BCUT2D eigenvalue weighted by atomic mass is 35.5. The van der Waals surface area contributed by atoms with Gasteiger partial charge in [0.05, 0.1) is 26.4 Å². The number of fused-ring (bicyclic) bond motifs is 2. The molecule has 4 heterocycles. The molecule has 6 bridgehead atoms. The van der Waals surface area contributed by atoms with E-state index in [-0.39, 0.29) is 23.7 Å². The number of nitrogens with zero attached hydrogens (tertiary/aromatic N) is 2. The number of ether oxygens (including phenoxy) is 6. The van der Waals surface area contributed by atoms with Crippen molar-refractivity contribution in [3.8, 4) is 46.0 Å². The van der Waals surface area contributed by atoms with Crippen LogP contribution in [0.2, 0.25) is 5.02 Å². The number of halogens is 2. The third kappa shape index (κ3) is 6.92. The van der Waals surface area contributed by atoms with Crippen LogP contribution in [0.5, 0.6) is 46.0 Å². The lowest BCUT2D eigenvalue weighted by molar-refractivity contribution is 0.216. The highest BCUT2D eigenvalue weighted by Crippen LogP contribution is 2.52. The Morgan fingerprint density at radius 2 is 1.37 bits per heavy atom. The maximum absolute atomic E-state index is 14.6. The molecule has 5 aromatic rings. The second-order valence-electron chi connectivity index (χ2n) is 14.3. The van der Waals surface area contributed by atoms with Crippen molar-refractivity contribution in [3.05, 3.63) is 129 Å². The molecule has 4 aliphatic rings. The Balaban J connectivity index is 1.34. The van der Waals surface area contributed by atoms with Crippen LogP contribution in [-0.2, 0) is 32.3 Å². The lowest BCUT2D eigenvalue weighted by atomic mass is 9.87. The average Bonchev–Trinajstić information content (AvgIpc) is 3.18. The van der Waals surface area contributed by atoms with E-state index in [9.17, 15) is 4.39 Å². The first-order valence-corrected chi connectivity index (χ1v) is 18.6. The van der Waals surface area contributed by atoms with E-state index in [0.717, 1.165) is 54.8 Å². The maximum Gasteiger partial charge on any atom is 0.204 e. The Kier molecular flexibility index (Phi) is 10.0. The minimum absolute atomic E-state index is 0.0541. The van der Waals surface area contributed by atoms with Gasteiger partial charge in [-0.1, -0.05) is 35.9 Å². The average molecular weight is 751 g/mol. The standard InChI is InChI=1S/C44H44ClFN2O6/c1-47-16-14-29-22-38(50-4)40-24-32(29)35(47)19-26-6-10-31(11-7-26)53-39-21-27(9-13-37(39)49-3)20-36-42-30(15-17-48(36)2)23-41(51-5)43(44(42)54-40)52-25-28-8-12-33(45)34(46)18-28/h6-13,18,21-24,35-36H,14-17,19-20,25H2,1-5H3/t35-,36-/m0/s1. The number of methoxy groups -OCH3 is 3. The summed E-state index contributed by atoms with van der Waals surface area (Å²) in [5, 5.41) is 0.0541. The van der Waals surface area contributed by atoms with Gasteiger partial charge in [0.1, 0.15) is 18.2 Å². The van der Waals surface area contributed by atoms with Crippen LogP contribution in [0, 0.1) is 5.82 Å². The minimum Gasteiger partial charge on any atom is -0.493 e. The zero-order valence-corrected chi connectivity index (χ0v) is 32.0. The van der Waals surface area contributed by atoms with Gasteiger partial charge in [0.25, 0.3) is 0 Å². The summed E-state index contributed by atoms with van der Waals surface area (Å²) in [6.07, 6.45) is 3.10. The zero-order chi connectivity index (χ0) is 37.5. The first kappa shape index (κ1) is 36.0. The SMILES string of the molecule is COc1ccc2cc1Oc1ccc(cc1)C[C@H]1c3cc(c(OC)cc3CCN1C)Oc1c(OCc3ccc(Cl)c(F)c3)c(OC)cc3c1[C@H](C2)N(C)CC3. The molecule has 0 fully saturated rings. The molecular weight excluding hydrogens is 707 g/mol. The third-order valence-corrected chi connectivity index (χ3v) is 11.3. The number of rotatable bonds is 6. The van der Waals surface area contributed by atoms with Crippen molar-refractivity contribution in [3.63, 3.8) is 0 Å². The van der Waals surface area contributed by atoms with Crippen LogP contribution in [0.4, 0.5) is 4.39 Å². The summed E-state index contributed by atoms with van der Waals surface area (Å²) >= 11 is 6.02. The highest BCUT2D eigenvalue weighted by molar-refractivity contribution is 6.30. The third-order valence-electron chi connectivity index (χ3n) is 11.0. The lowest BCUT2D eigenvalue weighted by Gasteiger charge is -2.37. The van der Waals surface area contributed by atoms with Crippen LogP contribution < -0.4 is 28.4 Å². The molecule has 5 aromatic carbocycles. The summed E-state index contributed by atoms with van der Waals surface area (Å²) in [6, 6.07) is 25.4. The molecule has 0 saturated heterocycles. The zero-order valence-electron chi connectivity index (χ0n) is 31.2. The Morgan fingerprint density at radius 1 is 0.704 bits per heavy atom. The molecule has 2 atom stereocenters. The van der Waals surface area contributed by atoms with E-state index in [0.29, 0.717) is 52.2 Å². The molecule has 0 saturated carbocycles. The molecule has 0 unspecified atom stereocenters. The van der Waals surface area contributed by atoms with Gasteiger partial charge in [-0.2, -0.15) is 0 Å². The van der Waals surface area contributed by atoms with Gasteiger partial charge in [-0.05, 0) is 128 Å². The fourth-order valence-electron chi connectivity index (χ4n) is 8.00. The largest absolute Gasteiger partial charge is 0.493 e. The minimum atomic E-state index is -0.509. The van der Waals surface area contributed by atoms with Crippen LogP contribution >= 0.6 is 11.6 Å². The van der Waals surface area contributed by atoms with Gasteiger partial charge in [0.2, 0.25) is 5.75 Å². The topological polar surface area (TPSA) is 61.9 Å². The van der Waals surface area contributed by atoms with Gasteiger partial charge in [-0.15, -0.1) is 0 Å². The maximum atomic E-state index is 14.6. The predicted molar refractivity (Wildman–Crippen MR) is 207 cm³/mol. The number of hydrogen-bond donors (Lipinski definition) is 0. The van der Waals surface area contributed by atoms with Gasteiger partial charge in [0, 0.05) is 30.7 Å². The molecule has 280 valence electrons. The highest BCUT2D eigenvalue weighted by Gasteiger charge is 2.35. The predicted octanol–water partition coefficient (Wildman–Crippen LogP) is 9.53. The van der Waals surface area contributed by atoms with Gasteiger partial charge < -0.3 is 28.4 Å². The molecule has 0 spiro atoms. The van der Waals surface area contributed by atoms with E-state index >= 15 is 0 Å². The van der Waals surface area contributed by atoms with Gasteiger partial charge in [-0.3, -0.25) is 9.80 Å². The summed E-state index contributed by atoms with van der Waals surface area (Å²) in [5.41, 5.74) is 7.38. The van der Waals surface area contributed by atoms with E-state index in [4.69, 9.17) is 40.0 Å². The van der Waals surface area contributed by atoms with Crippen LogP contribution in [0.25, 0.3) is 0 Å². The normalized spacial score (nSPS) is 18.1. The van der Waals surface area contributed by atoms with Crippen molar-refractivity contribution < 1.29 is 32.8 Å².